The second kappa shape index (κ2) is 9.44. The molecule has 0 spiro atoms. The summed E-state index contributed by atoms with van der Waals surface area (Å²) in [6.07, 6.45) is 7.65. The summed E-state index contributed by atoms with van der Waals surface area (Å²) in [6.45, 7) is 9.12. The van der Waals surface area contributed by atoms with Crippen molar-refractivity contribution in [1.29, 1.82) is 0 Å². The predicted molar refractivity (Wildman–Crippen MR) is 90.3 cm³/mol. The van der Waals surface area contributed by atoms with Crippen LogP contribution in [0, 0.1) is 11.8 Å². The Hall–Kier alpha value is -1.58. The molecule has 1 aliphatic rings. The fourth-order valence-electron chi connectivity index (χ4n) is 2.73. The van der Waals surface area contributed by atoms with E-state index in [1.54, 1.807) is 0 Å². The second-order valence-electron chi connectivity index (χ2n) is 6.55. The zero-order chi connectivity index (χ0) is 16.5. The van der Waals surface area contributed by atoms with Crippen molar-refractivity contribution in [3.05, 3.63) is 23.3 Å². The highest BCUT2D eigenvalue weighted by Crippen LogP contribution is 2.30. The summed E-state index contributed by atoms with van der Waals surface area (Å²) < 4.78 is 0. The van der Waals surface area contributed by atoms with E-state index in [9.17, 15) is 9.59 Å². The van der Waals surface area contributed by atoms with Gasteiger partial charge in [0.15, 0.2) is 0 Å². The third kappa shape index (κ3) is 6.46. The van der Waals surface area contributed by atoms with Gasteiger partial charge in [0.2, 0.25) is 11.8 Å². The highest BCUT2D eigenvalue weighted by atomic mass is 16.2. The molecule has 2 amide bonds. The number of carbonyl (C=O) groups is 2. The van der Waals surface area contributed by atoms with E-state index in [2.05, 4.69) is 10.6 Å². The fourth-order valence-corrected chi connectivity index (χ4v) is 2.73. The molecule has 0 saturated heterocycles. The van der Waals surface area contributed by atoms with Gasteiger partial charge in [-0.1, -0.05) is 36.1 Å². The Morgan fingerprint density at radius 2 is 1.18 bits per heavy atom. The van der Waals surface area contributed by atoms with Crippen LogP contribution in [0.1, 0.15) is 53.4 Å². The number of hydrogen-bond donors (Lipinski definition) is 2. The van der Waals surface area contributed by atoms with Gasteiger partial charge in [-0.3, -0.25) is 9.59 Å². The number of rotatable bonds is 6. The molecule has 22 heavy (non-hydrogen) atoms. The van der Waals surface area contributed by atoms with Crippen LogP contribution in [-0.4, -0.2) is 24.9 Å². The Kier molecular flexibility index (Phi) is 7.92. The lowest BCUT2D eigenvalue weighted by molar-refractivity contribution is -0.136. The van der Waals surface area contributed by atoms with E-state index < -0.39 is 0 Å². The zero-order valence-corrected chi connectivity index (χ0v) is 14.4. The van der Waals surface area contributed by atoms with Crippen molar-refractivity contribution in [1.82, 2.24) is 10.6 Å². The minimum atomic E-state index is -0.189. The molecule has 0 heterocycles. The van der Waals surface area contributed by atoms with Crippen molar-refractivity contribution in [3.63, 3.8) is 0 Å². The lowest BCUT2D eigenvalue weighted by Crippen LogP contribution is -2.43. The number of hydrogen-bond acceptors (Lipinski definition) is 2. The second-order valence-corrected chi connectivity index (χ2v) is 6.55. The fraction of sp³-hybridized carbons (Fsp3) is 0.667. The molecule has 4 heteroatoms. The van der Waals surface area contributed by atoms with Crippen molar-refractivity contribution in [2.45, 2.75) is 53.4 Å². The molecule has 1 fully saturated rings. The molecule has 0 aromatic carbocycles. The third-order valence-electron chi connectivity index (χ3n) is 4.01. The first kappa shape index (κ1) is 18.5. The molecule has 0 bridgehead atoms. The molecular formula is C18H30N2O2. The molecular weight excluding hydrogens is 276 g/mol. The van der Waals surface area contributed by atoms with Gasteiger partial charge in [-0.25, -0.2) is 0 Å². The largest absolute Gasteiger partial charge is 0.352 e. The number of nitrogens with one attached hydrogen (secondary N) is 2. The summed E-state index contributed by atoms with van der Waals surface area (Å²) in [5.74, 6) is -0.351. The van der Waals surface area contributed by atoms with Gasteiger partial charge in [-0.05, 0) is 40.5 Å². The Morgan fingerprint density at radius 1 is 0.818 bits per heavy atom. The molecule has 0 aromatic rings. The van der Waals surface area contributed by atoms with Crippen molar-refractivity contribution in [2.24, 2.45) is 11.8 Å². The van der Waals surface area contributed by atoms with Crippen LogP contribution in [0.25, 0.3) is 0 Å². The minimum Gasteiger partial charge on any atom is -0.352 e. The highest BCUT2D eigenvalue weighted by Gasteiger charge is 2.35. The third-order valence-corrected chi connectivity index (χ3v) is 4.01. The first-order valence-electron chi connectivity index (χ1n) is 8.24. The molecule has 124 valence electrons. The number of carbonyl (C=O) groups excluding carboxylic acids is 2. The molecule has 1 rings (SSSR count). The Balaban J connectivity index is 2.58. The monoisotopic (exact) mass is 306 g/mol. The molecule has 2 atom stereocenters. The van der Waals surface area contributed by atoms with Gasteiger partial charge in [-0.15, -0.1) is 0 Å². The van der Waals surface area contributed by atoms with Gasteiger partial charge in [0.1, 0.15) is 0 Å². The summed E-state index contributed by atoms with van der Waals surface area (Å²) in [4.78, 5) is 24.7. The van der Waals surface area contributed by atoms with Gasteiger partial charge in [0.25, 0.3) is 0 Å². The van der Waals surface area contributed by atoms with Gasteiger partial charge in [0.05, 0.1) is 0 Å². The van der Waals surface area contributed by atoms with Crippen LogP contribution in [-0.2, 0) is 9.59 Å². The maximum absolute atomic E-state index is 12.3. The van der Waals surface area contributed by atoms with Crippen LogP contribution in [0.2, 0.25) is 0 Å². The zero-order valence-electron chi connectivity index (χ0n) is 14.4. The average molecular weight is 306 g/mol. The predicted octanol–water partition coefficient (Wildman–Crippen LogP) is 2.96. The maximum Gasteiger partial charge on any atom is 0.224 e. The van der Waals surface area contributed by atoms with E-state index in [0.717, 1.165) is 25.7 Å². The smallest absolute Gasteiger partial charge is 0.224 e. The summed E-state index contributed by atoms with van der Waals surface area (Å²) in [5, 5.41) is 5.87. The Bertz CT molecular complexity index is 402. The van der Waals surface area contributed by atoms with Gasteiger partial charge >= 0.3 is 0 Å². The van der Waals surface area contributed by atoms with Gasteiger partial charge in [-0.2, -0.15) is 0 Å². The molecule has 0 aromatic heterocycles. The molecule has 4 nitrogen and oxygen atoms in total. The van der Waals surface area contributed by atoms with Crippen molar-refractivity contribution in [2.75, 3.05) is 13.1 Å². The standard InChI is InChI=1S/C18H30N2O2/c1-13(2)9-11-19-17(21)15-7-5-6-8-16(15)18(22)20-12-10-14(3)4/h9-10,15-16H,5-8,11-12H2,1-4H3,(H,19,21)(H,20,22)/t15-,16-/m1/s1. The minimum absolute atomic E-state index is 0.0135. The van der Waals surface area contributed by atoms with Crippen molar-refractivity contribution >= 4 is 11.8 Å². The Morgan fingerprint density at radius 3 is 1.50 bits per heavy atom. The van der Waals surface area contributed by atoms with Crippen LogP contribution in [0.5, 0.6) is 0 Å². The normalized spacial score (nSPS) is 20.7. The van der Waals surface area contributed by atoms with E-state index >= 15 is 0 Å². The number of amides is 2. The van der Waals surface area contributed by atoms with E-state index in [-0.39, 0.29) is 23.7 Å². The molecule has 0 aliphatic heterocycles. The van der Waals surface area contributed by atoms with Crippen LogP contribution < -0.4 is 10.6 Å². The lowest BCUT2D eigenvalue weighted by atomic mass is 9.78. The summed E-state index contributed by atoms with van der Waals surface area (Å²) in [5.41, 5.74) is 2.36. The molecule has 0 unspecified atom stereocenters. The topological polar surface area (TPSA) is 58.2 Å². The molecule has 1 aliphatic carbocycles. The average Bonchev–Trinajstić information content (AvgIpc) is 2.46. The maximum atomic E-state index is 12.3. The van der Waals surface area contributed by atoms with E-state index in [1.165, 1.54) is 11.1 Å². The molecule has 2 N–H and O–H groups in total. The summed E-state index contributed by atoms with van der Waals surface area (Å²) >= 11 is 0. The van der Waals surface area contributed by atoms with E-state index in [1.807, 2.05) is 39.8 Å². The Labute approximate surface area is 134 Å². The first-order chi connectivity index (χ1) is 10.4. The SMILES string of the molecule is CC(C)=CCNC(=O)[C@@H]1CCCC[C@H]1C(=O)NCC=C(C)C. The van der Waals surface area contributed by atoms with Crippen LogP contribution in [0.3, 0.4) is 0 Å². The van der Waals surface area contributed by atoms with Crippen LogP contribution >= 0.6 is 0 Å². The van der Waals surface area contributed by atoms with E-state index in [0.29, 0.717) is 13.1 Å². The number of allylic oxidation sites excluding steroid dienone is 2. The van der Waals surface area contributed by atoms with Gasteiger partial charge in [0, 0.05) is 24.9 Å². The van der Waals surface area contributed by atoms with Crippen molar-refractivity contribution in [3.8, 4) is 0 Å². The van der Waals surface area contributed by atoms with Crippen LogP contribution in [0.15, 0.2) is 23.3 Å². The summed E-state index contributed by atoms with van der Waals surface area (Å²) in [7, 11) is 0. The highest BCUT2D eigenvalue weighted by molar-refractivity contribution is 5.88. The quantitative estimate of drug-likeness (QED) is 0.741. The lowest BCUT2D eigenvalue weighted by Gasteiger charge is -2.29. The summed E-state index contributed by atoms with van der Waals surface area (Å²) in [6, 6.07) is 0. The molecule has 0 radical (unpaired) electrons. The van der Waals surface area contributed by atoms with Crippen molar-refractivity contribution < 1.29 is 9.59 Å². The van der Waals surface area contributed by atoms with Gasteiger partial charge < -0.3 is 10.6 Å². The van der Waals surface area contributed by atoms with E-state index in [4.69, 9.17) is 0 Å². The molecule has 1 saturated carbocycles. The first-order valence-corrected chi connectivity index (χ1v) is 8.24. The van der Waals surface area contributed by atoms with Crippen LogP contribution in [0.4, 0.5) is 0 Å².